The molecule has 12 heavy (non-hydrogen) atoms. The highest BCUT2D eigenvalue weighted by Gasteiger charge is 2.42. The van der Waals surface area contributed by atoms with E-state index in [1.807, 2.05) is 0 Å². The van der Waals surface area contributed by atoms with E-state index in [2.05, 4.69) is 4.74 Å². The maximum absolute atomic E-state index is 9.16. The van der Waals surface area contributed by atoms with Crippen LogP contribution in [-0.2, 0) is 4.74 Å². The summed E-state index contributed by atoms with van der Waals surface area (Å²) >= 11 is 0. The first kappa shape index (κ1) is 8.36. The van der Waals surface area contributed by atoms with Crippen molar-refractivity contribution in [1.29, 1.82) is 0 Å². The Hall–Kier alpha value is -0.240. The molecule has 5 atom stereocenters. The van der Waals surface area contributed by atoms with E-state index >= 15 is 0 Å². The summed E-state index contributed by atoms with van der Waals surface area (Å²) in [6, 6.07) is 0. The molecule has 1 fully saturated rings. The minimum absolute atomic E-state index is 0.620. The molecule has 0 spiro atoms. The quantitative estimate of drug-likeness (QED) is 0.291. The molecule has 0 radical (unpaired) electrons. The molecule has 6 heteroatoms. The number of hydrogen-bond acceptors (Lipinski definition) is 6. The van der Waals surface area contributed by atoms with Crippen molar-refractivity contribution < 1.29 is 31.6 Å². The molecule has 0 bridgehead atoms. The Morgan fingerprint density at radius 3 is 2.25 bits per heavy atom. The molecule has 1 aliphatic heterocycles. The number of aliphatic hydroxyl groups is 5. The van der Waals surface area contributed by atoms with Gasteiger partial charge in [0, 0.05) is 0 Å². The largest absolute Gasteiger partial charge is 0.394 e. The zero-order valence-corrected chi connectivity index (χ0v) is 6.16. The van der Waals surface area contributed by atoms with Crippen molar-refractivity contribution >= 4 is 0 Å². The van der Waals surface area contributed by atoms with Gasteiger partial charge in [-0.2, -0.15) is 0 Å². The topological polar surface area (TPSA) is 110 Å². The Morgan fingerprint density at radius 2 is 1.75 bits per heavy atom. The fraction of sp³-hybridized carbons (Fsp3) is 1.00. The minimum atomic E-state index is -2.68. The summed E-state index contributed by atoms with van der Waals surface area (Å²) in [5.41, 5.74) is 0. The summed E-state index contributed by atoms with van der Waals surface area (Å²) in [6.45, 7) is -0.620. The first-order chi connectivity index (χ1) is 5.91. The molecule has 0 amide bonds. The molecule has 1 aliphatic rings. The predicted octanol–water partition coefficient (Wildman–Crippen LogP) is -3.22. The number of ether oxygens (including phenoxy) is 1. The second-order valence-electron chi connectivity index (χ2n) is 2.57. The lowest BCUT2D eigenvalue weighted by Crippen LogP contribution is -2.58. The van der Waals surface area contributed by atoms with E-state index < -0.39 is 37.3 Å². The van der Waals surface area contributed by atoms with E-state index in [0.29, 0.717) is 0 Å². The van der Waals surface area contributed by atoms with Crippen molar-refractivity contribution in [1.82, 2.24) is 0 Å². The van der Waals surface area contributed by atoms with Crippen LogP contribution >= 0.6 is 0 Å². The molecular weight excluding hydrogens is 168 g/mol. The fourth-order valence-electron chi connectivity index (χ4n) is 0.991. The lowest BCUT2D eigenvalue weighted by Gasteiger charge is -2.37. The maximum Gasteiger partial charge on any atom is 0.184 e. The first-order valence-corrected chi connectivity index (χ1v) is 3.44. The van der Waals surface area contributed by atoms with Gasteiger partial charge in [-0.25, -0.2) is 0 Å². The van der Waals surface area contributed by atoms with Crippen LogP contribution in [0.4, 0.5) is 0 Å². The lowest BCUT2D eigenvalue weighted by atomic mass is 10.00. The average molecular weight is 181 g/mol. The van der Waals surface area contributed by atoms with Crippen LogP contribution in [0.1, 0.15) is 1.37 Å². The van der Waals surface area contributed by atoms with Crippen LogP contribution in [0.2, 0.25) is 0 Å². The van der Waals surface area contributed by atoms with Crippen LogP contribution < -0.4 is 0 Å². The van der Waals surface area contributed by atoms with Crippen molar-refractivity contribution in [2.75, 3.05) is 6.61 Å². The lowest BCUT2D eigenvalue weighted by molar-refractivity contribution is -0.286. The van der Waals surface area contributed by atoms with Gasteiger partial charge in [-0.1, -0.05) is 0 Å². The van der Waals surface area contributed by atoms with Gasteiger partial charge in [0.1, 0.15) is 24.4 Å². The summed E-state index contributed by atoms with van der Waals surface area (Å²) in [5, 5.41) is 45.0. The van der Waals surface area contributed by atoms with E-state index in [0.717, 1.165) is 0 Å². The zero-order valence-electron chi connectivity index (χ0n) is 7.16. The molecule has 0 aromatic carbocycles. The summed E-state index contributed by atoms with van der Waals surface area (Å²) < 4.78 is 11.5. The maximum atomic E-state index is 9.16. The predicted molar refractivity (Wildman–Crippen MR) is 36.0 cm³/mol. The highest BCUT2D eigenvalue weighted by atomic mass is 16.6. The zero-order chi connectivity index (χ0) is 10.2. The third kappa shape index (κ3) is 1.58. The number of aliphatic hydroxyl groups excluding tert-OH is 4. The molecule has 0 unspecified atom stereocenters. The Bertz CT molecular complexity index is 186. The summed E-state index contributed by atoms with van der Waals surface area (Å²) in [7, 11) is 0. The van der Waals surface area contributed by atoms with Crippen molar-refractivity contribution in [3.63, 3.8) is 0 Å². The monoisotopic (exact) mass is 181 g/mol. The summed E-state index contributed by atoms with van der Waals surface area (Å²) in [5.74, 6) is 0. The molecule has 5 N–H and O–H groups in total. The average Bonchev–Trinajstić information content (AvgIpc) is 2.09. The Balaban J connectivity index is 2.79. The Labute approximate surface area is 70.0 Å². The molecule has 1 saturated heterocycles. The second-order valence-corrected chi connectivity index (χ2v) is 2.57. The molecule has 1 rings (SSSR count). The van der Waals surface area contributed by atoms with Gasteiger partial charge < -0.3 is 30.3 Å². The molecule has 1 heterocycles. The van der Waals surface area contributed by atoms with Gasteiger partial charge in [-0.05, 0) is 0 Å². The van der Waals surface area contributed by atoms with E-state index in [4.69, 9.17) is 26.9 Å². The van der Waals surface area contributed by atoms with Crippen LogP contribution in [0.15, 0.2) is 0 Å². The molecule has 0 saturated carbocycles. The minimum Gasteiger partial charge on any atom is -0.394 e. The summed E-state index contributed by atoms with van der Waals surface area (Å²) in [4.78, 5) is 0. The summed E-state index contributed by atoms with van der Waals surface area (Å²) in [6.07, 6.45) is -9.31. The standard InChI is InChI=1S/C6H12O6/c7-1-2-3(8)4(9)5(10)6(11)12-2/h2-11H,1H2/t2-,3-,4+,5-,6-/m1/s1/i5D. The molecule has 0 aromatic rings. The highest BCUT2D eigenvalue weighted by molar-refractivity contribution is 4.87. The Kier molecular flexibility index (Phi) is 2.54. The van der Waals surface area contributed by atoms with Gasteiger partial charge in [-0.3, -0.25) is 0 Å². The number of rotatable bonds is 1. The van der Waals surface area contributed by atoms with Gasteiger partial charge >= 0.3 is 0 Å². The van der Waals surface area contributed by atoms with Crippen LogP contribution in [0, 0.1) is 0 Å². The molecule has 0 aromatic heterocycles. The molecule has 6 nitrogen and oxygen atoms in total. The second kappa shape index (κ2) is 3.65. The van der Waals surface area contributed by atoms with Crippen molar-refractivity contribution in [2.45, 2.75) is 30.7 Å². The number of hydrogen-bond donors (Lipinski definition) is 5. The van der Waals surface area contributed by atoms with Crippen LogP contribution in [-0.4, -0.2) is 62.8 Å². The third-order valence-corrected chi connectivity index (χ3v) is 1.74. The highest BCUT2D eigenvalue weighted by Crippen LogP contribution is 2.18. The van der Waals surface area contributed by atoms with Crippen molar-refractivity contribution in [3.05, 3.63) is 0 Å². The van der Waals surface area contributed by atoms with E-state index in [1.165, 1.54) is 0 Å². The molecule has 0 aliphatic carbocycles. The van der Waals surface area contributed by atoms with Crippen molar-refractivity contribution in [3.8, 4) is 0 Å². The van der Waals surface area contributed by atoms with Gasteiger partial charge in [0.15, 0.2) is 6.29 Å². The van der Waals surface area contributed by atoms with E-state index in [-0.39, 0.29) is 0 Å². The smallest absolute Gasteiger partial charge is 0.184 e. The van der Waals surface area contributed by atoms with Gasteiger partial charge in [0.25, 0.3) is 0 Å². The third-order valence-electron chi connectivity index (χ3n) is 1.74. The van der Waals surface area contributed by atoms with Crippen LogP contribution in [0.25, 0.3) is 0 Å². The van der Waals surface area contributed by atoms with Crippen LogP contribution in [0.5, 0.6) is 0 Å². The molecule has 72 valence electrons. The van der Waals surface area contributed by atoms with E-state index in [9.17, 15) is 0 Å². The fourth-order valence-corrected chi connectivity index (χ4v) is 0.991. The van der Waals surface area contributed by atoms with Crippen molar-refractivity contribution in [2.24, 2.45) is 0 Å². The Morgan fingerprint density at radius 1 is 1.17 bits per heavy atom. The normalized spacial score (nSPS) is 56.6. The van der Waals surface area contributed by atoms with E-state index in [1.54, 1.807) is 0 Å². The SMILES string of the molecule is [2H][C@]1(O)[C@H](O)O[C@H](CO)[C@@H](O)[C@@H]1O. The van der Waals surface area contributed by atoms with Crippen LogP contribution in [0.3, 0.4) is 0 Å². The molecular formula is C6H12O6. The van der Waals surface area contributed by atoms with Gasteiger partial charge in [0.2, 0.25) is 0 Å². The van der Waals surface area contributed by atoms with Gasteiger partial charge in [0.05, 0.1) is 7.98 Å². The first-order valence-electron chi connectivity index (χ1n) is 3.94. The van der Waals surface area contributed by atoms with Gasteiger partial charge in [-0.15, -0.1) is 0 Å².